The zero-order valence-corrected chi connectivity index (χ0v) is 13.5. The van der Waals surface area contributed by atoms with E-state index in [1.54, 1.807) is 42.8 Å². The lowest BCUT2D eigenvalue weighted by Gasteiger charge is -2.08. The summed E-state index contributed by atoms with van der Waals surface area (Å²) in [6.07, 6.45) is 3.60. The van der Waals surface area contributed by atoms with Gasteiger partial charge in [-0.25, -0.2) is 4.39 Å². The number of nitrogens with zero attached hydrogens (tertiary/aromatic N) is 1. The number of anilines is 1. The predicted octanol–water partition coefficient (Wildman–Crippen LogP) is 3.40. The van der Waals surface area contributed by atoms with E-state index in [0.717, 1.165) is 11.4 Å². The number of rotatable bonds is 7. The van der Waals surface area contributed by atoms with Gasteiger partial charge in [0.25, 0.3) is 5.91 Å². The van der Waals surface area contributed by atoms with Crippen molar-refractivity contribution in [3.05, 3.63) is 83.8 Å². The summed E-state index contributed by atoms with van der Waals surface area (Å²) in [7, 11) is 0. The van der Waals surface area contributed by atoms with Gasteiger partial charge in [-0.05, 0) is 42.3 Å². The highest BCUT2D eigenvalue weighted by atomic mass is 19.1. The molecule has 2 aromatic heterocycles. The maximum Gasteiger partial charge on any atom is 0.269 e. The van der Waals surface area contributed by atoms with Crippen LogP contribution in [0.5, 0.6) is 0 Å². The molecule has 0 aliphatic carbocycles. The minimum absolute atomic E-state index is 0.265. The Balaban J connectivity index is 1.53. The normalized spacial score (nSPS) is 10.4. The van der Waals surface area contributed by atoms with Crippen LogP contribution in [0.3, 0.4) is 0 Å². The first-order valence-corrected chi connectivity index (χ1v) is 7.96. The van der Waals surface area contributed by atoms with Crippen molar-refractivity contribution in [3.8, 4) is 0 Å². The lowest BCUT2D eigenvalue weighted by molar-refractivity contribution is 0.0949. The van der Waals surface area contributed by atoms with Gasteiger partial charge in [0, 0.05) is 18.4 Å². The van der Waals surface area contributed by atoms with E-state index in [1.807, 2.05) is 12.1 Å². The molecule has 0 radical (unpaired) electrons. The van der Waals surface area contributed by atoms with Crippen LogP contribution in [0.2, 0.25) is 0 Å². The predicted molar refractivity (Wildman–Crippen MR) is 92.7 cm³/mol. The second kappa shape index (κ2) is 8.10. The lowest BCUT2D eigenvalue weighted by Crippen LogP contribution is -2.26. The number of carbonyl (C=O) groups excluding carboxylic acids is 1. The Hall–Kier alpha value is -3.15. The Labute approximate surface area is 144 Å². The highest BCUT2D eigenvalue weighted by Gasteiger charge is 2.08. The van der Waals surface area contributed by atoms with Crippen LogP contribution in [0.4, 0.5) is 10.1 Å². The van der Waals surface area contributed by atoms with Crippen molar-refractivity contribution in [3.63, 3.8) is 0 Å². The number of carbonyl (C=O) groups is 1. The molecule has 3 aromatic rings. The van der Waals surface area contributed by atoms with E-state index in [9.17, 15) is 9.18 Å². The highest BCUT2D eigenvalue weighted by Crippen LogP contribution is 2.11. The maximum atomic E-state index is 13.6. The summed E-state index contributed by atoms with van der Waals surface area (Å²) in [6, 6.07) is 13.7. The van der Waals surface area contributed by atoms with Gasteiger partial charge in [0.05, 0.1) is 12.8 Å². The van der Waals surface area contributed by atoms with Crippen LogP contribution in [-0.4, -0.2) is 17.4 Å². The van der Waals surface area contributed by atoms with E-state index < -0.39 is 0 Å². The van der Waals surface area contributed by atoms with Gasteiger partial charge in [-0.15, -0.1) is 0 Å². The first kappa shape index (κ1) is 16.7. The van der Waals surface area contributed by atoms with E-state index in [-0.39, 0.29) is 11.7 Å². The summed E-state index contributed by atoms with van der Waals surface area (Å²) in [5.41, 5.74) is 1.65. The zero-order chi connectivity index (χ0) is 17.5. The summed E-state index contributed by atoms with van der Waals surface area (Å²) in [5, 5.41) is 5.93. The van der Waals surface area contributed by atoms with Gasteiger partial charge in [-0.1, -0.05) is 18.2 Å². The summed E-state index contributed by atoms with van der Waals surface area (Å²) in [5.74, 6) is 0.240. The molecule has 0 saturated carbocycles. The molecule has 6 heteroatoms. The fourth-order valence-corrected chi connectivity index (χ4v) is 2.37. The molecule has 0 aliphatic heterocycles. The largest absolute Gasteiger partial charge is 0.467 e. The standard InChI is InChI=1S/C19H18FN3O2/c20-17-6-2-1-4-14(17)7-9-22-19(24)18-12-15(8-10-21-18)23-13-16-5-3-11-25-16/h1-6,8,10-12H,7,9,13H2,(H,21,23)(H,22,24). The van der Waals surface area contributed by atoms with Crippen molar-refractivity contribution in [1.29, 1.82) is 0 Å². The first-order valence-electron chi connectivity index (χ1n) is 7.96. The molecule has 0 aliphatic rings. The number of furan rings is 1. The van der Waals surface area contributed by atoms with Crippen LogP contribution in [0, 0.1) is 5.82 Å². The van der Waals surface area contributed by atoms with Crippen LogP contribution in [0.25, 0.3) is 0 Å². The molecule has 3 rings (SSSR count). The highest BCUT2D eigenvalue weighted by molar-refractivity contribution is 5.93. The second-order valence-electron chi connectivity index (χ2n) is 5.46. The molecule has 5 nitrogen and oxygen atoms in total. The third-order valence-electron chi connectivity index (χ3n) is 3.68. The van der Waals surface area contributed by atoms with Gasteiger partial charge < -0.3 is 15.1 Å². The third kappa shape index (κ3) is 4.67. The quantitative estimate of drug-likeness (QED) is 0.692. The third-order valence-corrected chi connectivity index (χ3v) is 3.68. The Bertz CT molecular complexity index is 834. The van der Waals surface area contributed by atoms with E-state index in [2.05, 4.69) is 15.6 Å². The number of halogens is 1. The molecule has 0 saturated heterocycles. The van der Waals surface area contributed by atoms with Crippen LogP contribution in [0.1, 0.15) is 21.8 Å². The van der Waals surface area contributed by atoms with E-state index >= 15 is 0 Å². The average molecular weight is 339 g/mol. The minimum Gasteiger partial charge on any atom is -0.467 e. The molecule has 0 bridgehead atoms. The molecule has 128 valence electrons. The van der Waals surface area contributed by atoms with Crippen LogP contribution in [-0.2, 0) is 13.0 Å². The average Bonchev–Trinajstić information content (AvgIpc) is 3.15. The van der Waals surface area contributed by atoms with E-state index in [4.69, 9.17) is 4.42 Å². The maximum absolute atomic E-state index is 13.6. The number of pyridine rings is 1. The minimum atomic E-state index is -0.294. The molecule has 1 amide bonds. The SMILES string of the molecule is O=C(NCCc1ccccc1F)c1cc(NCc2ccco2)ccn1. The summed E-state index contributed by atoms with van der Waals surface area (Å²) < 4.78 is 18.8. The van der Waals surface area contributed by atoms with Gasteiger partial charge in [0.1, 0.15) is 17.3 Å². The smallest absolute Gasteiger partial charge is 0.269 e. The Kier molecular flexibility index (Phi) is 5.41. The van der Waals surface area contributed by atoms with Gasteiger partial charge in [-0.2, -0.15) is 0 Å². The molecule has 0 atom stereocenters. The number of aromatic nitrogens is 1. The molecule has 0 spiro atoms. The molecule has 0 fully saturated rings. The van der Waals surface area contributed by atoms with Gasteiger partial charge in [-0.3, -0.25) is 9.78 Å². The Morgan fingerprint density at radius 3 is 2.84 bits per heavy atom. The van der Waals surface area contributed by atoms with E-state index in [0.29, 0.717) is 30.8 Å². The summed E-state index contributed by atoms with van der Waals surface area (Å²) in [4.78, 5) is 16.3. The molecule has 1 aromatic carbocycles. The van der Waals surface area contributed by atoms with Crippen molar-refractivity contribution < 1.29 is 13.6 Å². The number of amides is 1. The second-order valence-corrected chi connectivity index (χ2v) is 5.46. The van der Waals surface area contributed by atoms with Crippen LogP contribution in [0.15, 0.2) is 65.4 Å². The fraction of sp³-hybridized carbons (Fsp3) is 0.158. The monoisotopic (exact) mass is 339 g/mol. The van der Waals surface area contributed by atoms with Gasteiger partial charge in [0.2, 0.25) is 0 Å². The van der Waals surface area contributed by atoms with Gasteiger partial charge >= 0.3 is 0 Å². The van der Waals surface area contributed by atoms with Crippen molar-refractivity contribution in [1.82, 2.24) is 10.3 Å². The first-order chi connectivity index (χ1) is 12.2. The number of hydrogen-bond acceptors (Lipinski definition) is 4. The van der Waals surface area contributed by atoms with Crippen LogP contribution >= 0.6 is 0 Å². The van der Waals surface area contributed by atoms with Gasteiger partial charge in [0.15, 0.2) is 0 Å². The summed E-state index contributed by atoms with van der Waals surface area (Å²) in [6.45, 7) is 0.858. The van der Waals surface area contributed by atoms with Crippen molar-refractivity contribution in [2.45, 2.75) is 13.0 Å². The molecular weight excluding hydrogens is 321 g/mol. The molecular formula is C19H18FN3O2. The number of hydrogen-bond donors (Lipinski definition) is 2. The van der Waals surface area contributed by atoms with Crippen molar-refractivity contribution >= 4 is 11.6 Å². The van der Waals surface area contributed by atoms with Crippen molar-refractivity contribution in [2.24, 2.45) is 0 Å². The Morgan fingerprint density at radius 1 is 1.16 bits per heavy atom. The molecule has 2 heterocycles. The Morgan fingerprint density at radius 2 is 2.04 bits per heavy atom. The molecule has 2 N–H and O–H groups in total. The fourth-order valence-electron chi connectivity index (χ4n) is 2.37. The topological polar surface area (TPSA) is 67.2 Å². The summed E-state index contributed by atoms with van der Waals surface area (Å²) >= 11 is 0. The zero-order valence-electron chi connectivity index (χ0n) is 13.5. The molecule has 25 heavy (non-hydrogen) atoms. The van der Waals surface area contributed by atoms with Crippen molar-refractivity contribution in [2.75, 3.05) is 11.9 Å². The van der Waals surface area contributed by atoms with Crippen LogP contribution < -0.4 is 10.6 Å². The number of nitrogens with one attached hydrogen (secondary N) is 2. The number of benzene rings is 1. The molecule has 0 unspecified atom stereocenters. The lowest BCUT2D eigenvalue weighted by atomic mass is 10.1. The van der Waals surface area contributed by atoms with E-state index in [1.165, 1.54) is 6.07 Å².